The van der Waals surface area contributed by atoms with Crippen LogP contribution < -0.4 is 5.32 Å². The molecule has 3 heteroatoms. The van der Waals surface area contributed by atoms with Gasteiger partial charge in [-0.05, 0) is 50.6 Å². The zero-order valence-corrected chi connectivity index (χ0v) is 10.4. The molecule has 0 bridgehead atoms. The maximum Gasteiger partial charge on any atom is 0.222 e. The second-order valence-electron chi connectivity index (χ2n) is 5.48. The van der Waals surface area contributed by atoms with Gasteiger partial charge in [0.2, 0.25) is 5.91 Å². The molecule has 0 aliphatic carbocycles. The minimum Gasteiger partial charge on any atom is -0.342 e. The molecule has 2 rings (SSSR count). The van der Waals surface area contributed by atoms with Crippen LogP contribution in [-0.4, -0.2) is 37.0 Å². The Hall–Kier alpha value is -0.570. The molecular weight excluding hydrogens is 200 g/mol. The maximum atomic E-state index is 11.9. The molecular formula is C13H24N2O. The number of hydrogen-bond donors (Lipinski definition) is 1. The summed E-state index contributed by atoms with van der Waals surface area (Å²) < 4.78 is 0. The second kappa shape index (κ2) is 5.67. The standard InChI is InChI=1S/C13H24N2O/c1-11-6-8-15(10-11)13(16)5-4-12-3-2-7-14-9-12/h11-12,14H,2-10H2,1H3. The highest BCUT2D eigenvalue weighted by molar-refractivity contribution is 5.76. The van der Waals surface area contributed by atoms with Gasteiger partial charge >= 0.3 is 0 Å². The number of carbonyl (C=O) groups excluding carboxylic acids is 1. The van der Waals surface area contributed by atoms with Crippen LogP contribution in [-0.2, 0) is 4.79 Å². The van der Waals surface area contributed by atoms with E-state index in [1.54, 1.807) is 0 Å². The molecule has 92 valence electrons. The molecule has 2 heterocycles. The first-order valence-corrected chi connectivity index (χ1v) is 6.74. The van der Waals surface area contributed by atoms with Gasteiger partial charge in [0.25, 0.3) is 0 Å². The van der Waals surface area contributed by atoms with Crippen molar-refractivity contribution >= 4 is 5.91 Å². The summed E-state index contributed by atoms with van der Waals surface area (Å²) in [7, 11) is 0. The SMILES string of the molecule is CC1CCN(C(=O)CCC2CCCNC2)C1. The van der Waals surface area contributed by atoms with Crippen molar-refractivity contribution in [3.05, 3.63) is 0 Å². The summed E-state index contributed by atoms with van der Waals surface area (Å²) in [6.07, 6.45) is 5.61. The first-order chi connectivity index (χ1) is 7.75. The van der Waals surface area contributed by atoms with E-state index >= 15 is 0 Å². The van der Waals surface area contributed by atoms with E-state index in [1.807, 2.05) is 0 Å². The Bertz CT molecular complexity index is 236. The molecule has 0 radical (unpaired) electrons. The lowest BCUT2D eigenvalue weighted by atomic mass is 9.94. The molecule has 3 nitrogen and oxygen atoms in total. The Morgan fingerprint density at radius 1 is 1.44 bits per heavy atom. The molecule has 2 fully saturated rings. The van der Waals surface area contributed by atoms with E-state index in [0.717, 1.165) is 44.9 Å². The fourth-order valence-electron chi connectivity index (χ4n) is 2.82. The Morgan fingerprint density at radius 2 is 2.31 bits per heavy atom. The first-order valence-electron chi connectivity index (χ1n) is 6.74. The van der Waals surface area contributed by atoms with E-state index in [2.05, 4.69) is 17.1 Å². The molecule has 1 N–H and O–H groups in total. The minimum absolute atomic E-state index is 0.384. The topological polar surface area (TPSA) is 32.3 Å². The average molecular weight is 224 g/mol. The molecule has 16 heavy (non-hydrogen) atoms. The number of amides is 1. The van der Waals surface area contributed by atoms with E-state index in [0.29, 0.717) is 11.8 Å². The summed E-state index contributed by atoms with van der Waals surface area (Å²) in [5, 5.41) is 3.41. The van der Waals surface area contributed by atoms with Crippen LogP contribution in [0.4, 0.5) is 0 Å². The lowest BCUT2D eigenvalue weighted by molar-refractivity contribution is -0.130. The summed E-state index contributed by atoms with van der Waals surface area (Å²) in [6.45, 7) is 6.49. The molecule has 0 saturated carbocycles. The smallest absolute Gasteiger partial charge is 0.222 e. The summed E-state index contributed by atoms with van der Waals surface area (Å²) in [4.78, 5) is 14.0. The van der Waals surface area contributed by atoms with E-state index in [4.69, 9.17) is 0 Å². The van der Waals surface area contributed by atoms with Crippen molar-refractivity contribution < 1.29 is 4.79 Å². The van der Waals surface area contributed by atoms with E-state index in [9.17, 15) is 4.79 Å². The van der Waals surface area contributed by atoms with Crippen LogP contribution in [0.1, 0.15) is 39.0 Å². The number of hydrogen-bond acceptors (Lipinski definition) is 2. The molecule has 2 saturated heterocycles. The second-order valence-corrected chi connectivity index (χ2v) is 5.48. The fraction of sp³-hybridized carbons (Fsp3) is 0.923. The summed E-state index contributed by atoms with van der Waals surface area (Å²) in [5.74, 6) is 1.83. The highest BCUT2D eigenvalue weighted by Gasteiger charge is 2.23. The molecule has 2 unspecified atom stereocenters. The molecule has 1 amide bonds. The molecule has 2 atom stereocenters. The van der Waals surface area contributed by atoms with Crippen LogP contribution in [0.2, 0.25) is 0 Å². The Kier molecular flexibility index (Phi) is 4.22. The molecule has 0 spiro atoms. The predicted octanol–water partition coefficient (Wildman–Crippen LogP) is 1.63. The predicted molar refractivity (Wildman–Crippen MR) is 65.2 cm³/mol. The van der Waals surface area contributed by atoms with Crippen molar-refractivity contribution in [2.45, 2.75) is 39.0 Å². The van der Waals surface area contributed by atoms with Crippen molar-refractivity contribution in [2.75, 3.05) is 26.2 Å². The van der Waals surface area contributed by atoms with Gasteiger partial charge in [0.15, 0.2) is 0 Å². The van der Waals surface area contributed by atoms with E-state index in [1.165, 1.54) is 19.3 Å². The normalized spacial score (nSPS) is 30.7. The van der Waals surface area contributed by atoms with Crippen LogP contribution in [0, 0.1) is 11.8 Å². The van der Waals surface area contributed by atoms with Crippen LogP contribution in [0.25, 0.3) is 0 Å². The van der Waals surface area contributed by atoms with Crippen LogP contribution in [0.15, 0.2) is 0 Å². The average Bonchev–Trinajstić information content (AvgIpc) is 2.74. The van der Waals surface area contributed by atoms with Gasteiger partial charge in [-0.3, -0.25) is 4.79 Å². The maximum absolute atomic E-state index is 11.9. The highest BCUT2D eigenvalue weighted by Crippen LogP contribution is 2.20. The Balaban J connectivity index is 1.67. The number of likely N-dealkylation sites (tertiary alicyclic amines) is 1. The van der Waals surface area contributed by atoms with Gasteiger partial charge in [-0.25, -0.2) is 0 Å². The zero-order valence-electron chi connectivity index (χ0n) is 10.4. The highest BCUT2D eigenvalue weighted by atomic mass is 16.2. The minimum atomic E-state index is 0.384. The molecule has 0 aromatic heterocycles. The monoisotopic (exact) mass is 224 g/mol. The lowest BCUT2D eigenvalue weighted by Gasteiger charge is -2.23. The largest absolute Gasteiger partial charge is 0.342 e. The quantitative estimate of drug-likeness (QED) is 0.790. The van der Waals surface area contributed by atoms with Gasteiger partial charge in [-0.1, -0.05) is 6.92 Å². The van der Waals surface area contributed by atoms with Gasteiger partial charge in [0.1, 0.15) is 0 Å². The van der Waals surface area contributed by atoms with Gasteiger partial charge in [0, 0.05) is 19.5 Å². The molecule has 2 aliphatic rings. The summed E-state index contributed by atoms with van der Waals surface area (Å²) >= 11 is 0. The lowest BCUT2D eigenvalue weighted by Crippen LogP contribution is -2.32. The third-order valence-corrected chi connectivity index (χ3v) is 3.94. The Morgan fingerprint density at radius 3 is 2.94 bits per heavy atom. The van der Waals surface area contributed by atoms with Gasteiger partial charge in [0.05, 0.1) is 0 Å². The van der Waals surface area contributed by atoms with Crippen LogP contribution >= 0.6 is 0 Å². The molecule has 0 aromatic rings. The van der Waals surface area contributed by atoms with Crippen LogP contribution in [0.3, 0.4) is 0 Å². The van der Waals surface area contributed by atoms with Crippen molar-refractivity contribution in [3.8, 4) is 0 Å². The fourth-order valence-corrected chi connectivity index (χ4v) is 2.82. The van der Waals surface area contributed by atoms with Crippen molar-refractivity contribution in [1.82, 2.24) is 10.2 Å². The molecule has 2 aliphatic heterocycles. The van der Waals surface area contributed by atoms with Gasteiger partial charge < -0.3 is 10.2 Å². The van der Waals surface area contributed by atoms with E-state index < -0.39 is 0 Å². The van der Waals surface area contributed by atoms with Crippen molar-refractivity contribution in [2.24, 2.45) is 11.8 Å². The van der Waals surface area contributed by atoms with Crippen LogP contribution in [0.5, 0.6) is 0 Å². The van der Waals surface area contributed by atoms with Gasteiger partial charge in [-0.15, -0.1) is 0 Å². The summed E-state index contributed by atoms with van der Waals surface area (Å²) in [5.41, 5.74) is 0. The van der Waals surface area contributed by atoms with Crippen molar-refractivity contribution in [3.63, 3.8) is 0 Å². The Labute approximate surface area is 98.6 Å². The van der Waals surface area contributed by atoms with Crippen molar-refractivity contribution in [1.29, 1.82) is 0 Å². The number of rotatable bonds is 3. The van der Waals surface area contributed by atoms with E-state index in [-0.39, 0.29) is 0 Å². The third kappa shape index (κ3) is 3.21. The summed E-state index contributed by atoms with van der Waals surface area (Å²) in [6, 6.07) is 0. The number of carbonyl (C=O) groups is 1. The third-order valence-electron chi connectivity index (χ3n) is 3.94. The number of nitrogens with zero attached hydrogens (tertiary/aromatic N) is 1. The van der Waals surface area contributed by atoms with Gasteiger partial charge in [-0.2, -0.15) is 0 Å². The first kappa shape index (κ1) is 11.9. The number of piperidine rings is 1. The zero-order chi connectivity index (χ0) is 11.4. The molecule has 0 aromatic carbocycles. The number of nitrogens with one attached hydrogen (secondary N) is 1.